The Bertz CT molecular complexity index is 554. The van der Waals surface area contributed by atoms with Crippen LogP contribution in [-0.4, -0.2) is 26.7 Å². The minimum absolute atomic E-state index is 0.496. The van der Waals surface area contributed by atoms with Gasteiger partial charge < -0.3 is 9.73 Å². The standard InChI is InChI=1S/C11H15N5OS/c1-5-12-9-6(2)10(14-7(3)13-9)18-11-16-15-8(4)17-11/h5H2,1-4H3,(H,12,13,14). The molecule has 6 nitrogen and oxygen atoms in total. The highest BCUT2D eigenvalue weighted by Crippen LogP contribution is 2.30. The predicted octanol–water partition coefficient (Wildman–Crippen LogP) is 2.37. The quantitative estimate of drug-likeness (QED) is 0.850. The van der Waals surface area contributed by atoms with Gasteiger partial charge in [0.05, 0.1) is 0 Å². The van der Waals surface area contributed by atoms with Gasteiger partial charge in [-0.2, -0.15) is 0 Å². The number of anilines is 1. The molecule has 1 N–H and O–H groups in total. The van der Waals surface area contributed by atoms with Crippen LogP contribution in [0.2, 0.25) is 0 Å². The summed E-state index contributed by atoms with van der Waals surface area (Å²) < 4.78 is 5.34. The molecule has 0 bridgehead atoms. The fraction of sp³-hybridized carbons (Fsp3) is 0.455. The molecule has 0 spiro atoms. The Morgan fingerprint density at radius 2 is 1.94 bits per heavy atom. The molecule has 2 heterocycles. The molecule has 0 fully saturated rings. The fourth-order valence-corrected chi connectivity index (χ4v) is 2.28. The molecule has 96 valence electrons. The fourth-order valence-electron chi connectivity index (χ4n) is 1.44. The van der Waals surface area contributed by atoms with Gasteiger partial charge >= 0.3 is 0 Å². The first-order chi connectivity index (χ1) is 8.60. The highest BCUT2D eigenvalue weighted by Gasteiger charge is 2.13. The SMILES string of the molecule is CCNc1nc(C)nc(Sc2nnc(C)o2)c1C. The third-order valence-electron chi connectivity index (χ3n) is 2.25. The molecule has 0 aliphatic carbocycles. The van der Waals surface area contributed by atoms with Crippen LogP contribution < -0.4 is 5.32 Å². The Morgan fingerprint density at radius 3 is 2.56 bits per heavy atom. The zero-order chi connectivity index (χ0) is 13.1. The van der Waals surface area contributed by atoms with Crippen molar-refractivity contribution in [3.8, 4) is 0 Å². The minimum Gasteiger partial charge on any atom is -0.416 e. The summed E-state index contributed by atoms with van der Waals surface area (Å²) in [6, 6.07) is 0. The zero-order valence-electron chi connectivity index (χ0n) is 10.8. The third kappa shape index (κ3) is 2.79. The van der Waals surface area contributed by atoms with E-state index >= 15 is 0 Å². The molecule has 2 aromatic rings. The highest BCUT2D eigenvalue weighted by atomic mass is 32.2. The number of aromatic nitrogens is 4. The molecule has 0 atom stereocenters. The van der Waals surface area contributed by atoms with Gasteiger partial charge in [0.25, 0.3) is 5.22 Å². The molecular formula is C11H15N5OS. The average Bonchev–Trinajstić information content (AvgIpc) is 2.71. The van der Waals surface area contributed by atoms with Crippen molar-refractivity contribution in [2.24, 2.45) is 0 Å². The van der Waals surface area contributed by atoms with Crippen LogP contribution in [0.4, 0.5) is 5.82 Å². The number of rotatable bonds is 4. The normalized spacial score (nSPS) is 10.7. The number of nitrogens with zero attached hydrogens (tertiary/aromatic N) is 4. The lowest BCUT2D eigenvalue weighted by atomic mass is 10.3. The summed E-state index contributed by atoms with van der Waals surface area (Å²) in [7, 11) is 0. The van der Waals surface area contributed by atoms with Crippen LogP contribution >= 0.6 is 11.8 Å². The van der Waals surface area contributed by atoms with E-state index in [1.807, 2.05) is 20.8 Å². The van der Waals surface area contributed by atoms with Gasteiger partial charge in [-0.3, -0.25) is 0 Å². The molecule has 18 heavy (non-hydrogen) atoms. The summed E-state index contributed by atoms with van der Waals surface area (Å²) in [5, 5.41) is 12.3. The van der Waals surface area contributed by atoms with Crippen LogP contribution in [0.25, 0.3) is 0 Å². The second kappa shape index (κ2) is 5.34. The number of aryl methyl sites for hydroxylation is 2. The molecule has 0 saturated carbocycles. The van der Waals surface area contributed by atoms with Crippen molar-refractivity contribution >= 4 is 17.6 Å². The maximum Gasteiger partial charge on any atom is 0.282 e. The maximum absolute atomic E-state index is 5.34. The summed E-state index contributed by atoms with van der Waals surface area (Å²) in [5.74, 6) is 2.12. The van der Waals surface area contributed by atoms with Crippen LogP contribution in [0.1, 0.15) is 24.2 Å². The minimum atomic E-state index is 0.496. The van der Waals surface area contributed by atoms with Crippen molar-refractivity contribution in [1.29, 1.82) is 0 Å². The second-order valence-electron chi connectivity index (χ2n) is 3.77. The second-order valence-corrected chi connectivity index (χ2v) is 4.71. The van der Waals surface area contributed by atoms with Gasteiger partial charge in [-0.05, 0) is 32.5 Å². The molecule has 0 aliphatic rings. The van der Waals surface area contributed by atoms with Gasteiger partial charge in [-0.1, -0.05) is 0 Å². The van der Waals surface area contributed by atoms with E-state index in [9.17, 15) is 0 Å². The number of nitrogens with one attached hydrogen (secondary N) is 1. The van der Waals surface area contributed by atoms with Crippen LogP contribution in [0.3, 0.4) is 0 Å². The van der Waals surface area contributed by atoms with Gasteiger partial charge in [0.1, 0.15) is 16.7 Å². The van der Waals surface area contributed by atoms with Crippen molar-refractivity contribution in [2.75, 3.05) is 11.9 Å². The molecule has 0 saturated heterocycles. The van der Waals surface area contributed by atoms with Gasteiger partial charge in [-0.25, -0.2) is 9.97 Å². The Balaban J connectivity index is 2.32. The van der Waals surface area contributed by atoms with E-state index in [1.165, 1.54) is 11.8 Å². The third-order valence-corrected chi connectivity index (χ3v) is 3.18. The highest BCUT2D eigenvalue weighted by molar-refractivity contribution is 7.99. The van der Waals surface area contributed by atoms with Crippen molar-refractivity contribution in [3.63, 3.8) is 0 Å². The van der Waals surface area contributed by atoms with Gasteiger partial charge in [0, 0.05) is 19.0 Å². The first-order valence-corrected chi connectivity index (χ1v) is 6.49. The van der Waals surface area contributed by atoms with E-state index in [1.54, 1.807) is 6.92 Å². The molecule has 7 heteroatoms. The molecule has 0 amide bonds. The molecule has 0 aromatic carbocycles. The summed E-state index contributed by atoms with van der Waals surface area (Å²) >= 11 is 1.36. The zero-order valence-corrected chi connectivity index (χ0v) is 11.6. The number of hydrogen-bond donors (Lipinski definition) is 1. The predicted molar refractivity (Wildman–Crippen MR) is 68.8 cm³/mol. The Hall–Kier alpha value is -1.63. The summed E-state index contributed by atoms with van der Waals surface area (Å²) in [4.78, 5) is 8.77. The number of hydrogen-bond acceptors (Lipinski definition) is 7. The lowest BCUT2D eigenvalue weighted by molar-refractivity contribution is 0.429. The average molecular weight is 265 g/mol. The molecule has 0 radical (unpaired) electrons. The van der Waals surface area contributed by atoms with E-state index in [2.05, 4.69) is 25.5 Å². The van der Waals surface area contributed by atoms with Crippen LogP contribution in [0.15, 0.2) is 14.7 Å². The molecule has 0 unspecified atom stereocenters. The summed E-state index contributed by atoms with van der Waals surface area (Å²) in [5.41, 5.74) is 0.989. The lowest BCUT2D eigenvalue weighted by Gasteiger charge is -2.10. The first-order valence-electron chi connectivity index (χ1n) is 5.67. The Labute approximate surface area is 110 Å². The largest absolute Gasteiger partial charge is 0.416 e. The van der Waals surface area contributed by atoms with E-state index < -0.39 is 0 Å². The van der Waals surface area contributed by atoms with Crippen molar-refractivity contribution < 1.29 is 4.42 Å². The van der Waals surface area contributed by atoms with E-state index in [-0.39, 0.29) is 0 Å². The molecular weight excluding hydrogens is 250 g/mol. The van der Waals surface area contributed by atoms with Crippen molar-refractivity contribution in [1.82, 2.24) is 20.2 Å². The first kappa shape index (κ1) is 12.8. The monoisotopic (exact) mass is 265 g/mol. The Morgan fingerprint density at radius 1 is 1.17 bits per heavy atom. The van der Waals surface area contributed by atoms with Gasteiger partial charge in [0.15, 0.2) is 0 Å². The molecule has 2 rings (SSSR count). The van der Waals surface area contributed by atoms with Crippen LogP contribution in [-0.2, 0) is 0 Å². The van der Waals surface area contributed by atoms with Gasteiger partial charge in [0.2, 0.25) is 5.89 Å². The van der Waals surface area contributed by atoms with E-state index in [0.717, 1.165) is 28.8 Å². The maximum atomic E-state index is 5.34. The Kier molecular flexibility index (Phi) is 3.81. The van der Waals surface area contributed by atoms with E-state index in [4.69, 9.17) is 4.42 Å². The van der Waals surface area contributed by atoms with E-state index in [0.29, 0.717) is 11.1 Å². The van der Waals surface area contributed by atoms with Crippen LogP contribution in [0, 0.1) is 20.8 Å². The smallest absolute Gasteiger partial charge is 0.282 e. The molecule has 0 aliphatic heterocycles. The summed E-state index contributed by atoms with van der Waals surface area (Å²) in [6.07, 6.45) is 0. The van der Waals surface area contributed by atoms with Crippen molar-refractivity contribution in [2.45, 2.75) is 37.9 Å². The van der Waals surface area contributed by atoms with Crippen molar-refractivity contribution in [3.05, 3.63) is 17.3 Å². The summed E-state index contributed by atoms with van der Waals surface area (Å²) in [6.45, 7) is 8.46. The van der Waals surface area contributed by atoms with Crippen LogP contribution in [0.5, 0.6) is 0 Å². The lowest BCUT2D eigenvalue weighted by Crippen LogP contribution is -2.05. The molecule has 2 aromatic heterocycles. The van der Waals surface area contributed by atoms with Gasteiger partial charge in [-0.15, -0.1) is 10.2 Å². The topological polar surface area (TPSA) is 76.7 Å².